The van der Waals surface area contributed by atoms with Gasteiger partial charge >= 0.3 is 0 Å². The summed E-state index contributed by atoms with van der Waals surface area (Å²) in [7, 11) is -3.68. The van der Waals surface area contributed by atoms with Gasteiger partial charge in [0.2, 0.25) is 5.91 Å². The van der Waals surface area contributed by atoms with Crippen LogP contribution >= 0.6 is 11.3 Å². The van der Waals surface area contributed by atoms with Crippen molar-refractivity contribution < 1.29 is 17.7 Å². The van der Waals surface area contributed by atoms with Crippen molar-refractivity contribution in [3.8, 4) is 0 Å². The predicted octanol–water partition coefficient (Wildman–Crippen LogP) is 4.67. The number of hydrogen-bond donors (Lipinski definition) is 2. The molecule has 7 nitrogen and oxygen atoms in total. The van der Waals surface area contributed by atoms with Gasteiger partial charge in [0.15, 0.2) is 5.76 Å². The van der Waals surface area contributed by atoms with Crippen LogP contribution in [0, 0.1) is 19.8 Å². The number of carbonyl (C=O) groups excluding carboxylic acids is 1. The number of amides is 1. The van der Waals surface area contributed by atoms with Crippen molar-refractivity contribution in [2.45, 2.75) is 30.9 Å². The van der Waals surface area contributed by atoms with Crippen LogP contribution in [0.2, 0.25) is 0 Å². The Morgan fingerprint density at radius 2 is 1.93 bits per heavy atom. The van der Waals surface area contributed by atoms with Crippen LogP contribution in [0.5, 0.6) is 0 Å². The molecule has 2 aromatic heterocycles. The van der Waals surface area contributed by atoms with Crippen molar-refractivity contribution in [3.05, 3.63) is 58.3 Å². The van der Waals surface area contributed by atoms with E-state index in [-0.39, 0.29) is 16.0 Å². The fourth-order valence-corrected chi connectivity index (χ4v) is 5.19. The summed E-state index contributed by atoms with van der Waals surface area (Å²) >= 11 is 1.14. The molecule has 1 aliphatic rings. The number of benzene rings is 1. The Morgan fingerprint density at radius 3 is 2.67 bits per heavy atom. The minimum atomic E-state index is -3.68. The zero-order valence-electron chi connectivity index (χ0n) is 16.5. The van der Waals surface area contributed by atoms with Gasteiger partial charge in [-0.2, -0.15) is 0 Å². The predicted molar refractivity (Wildman–Crippen MR) is 118 cm³/mol. The fourth-order valence-electron chi connectivity index (χ4n) is 2.83. The Balaban J connectivity index is 1.50. The van der Waals surface area contributed by atoms with Gasteiger partial charge in [0.05, 0.1) is 5.69 Å². The van der Waals surface area contributed by atoms with Gasteiger partial charge in [-0.15, -0.1) is 11.3 Å². The van der Waals surface area contributed by atoms with E-state index in [1.807, 2.05) is 19.1 Å². The third-order valence-corrected chi connectivity index (χ3v) is 7.65. The maximum Gasteiger partial charge on any atom is 0.271 e. The lowest BCUT2D eigenvalue weighted by molar-refractivity contribution is -0.117. The smallest absolute Gasteiger partial charge is 0.271 e. The van der Waals surface area contributed by atoms with Gasteiger partial charge in [0, 0.05) is 10.8 Å². The molecule has 2 N–H and O–H groups in total. The molecule has 2 heterocycles. The first kappa shape index (κ1) is 20.4. The van der Waals surface area contributed by atoms with Crippen LogP contribution < -0.4 is 10.0 Å². The molecular weight excluding hydrogens is 422 g/mol. The highest BCUT2D eigenvalue weighted by molar-refractivity contribution is 7.94. The quantitative estimate of drug-likeness (QED) is 0.552. The Labute approximate surface area is 178 Å². The number of carbonyl (C=O) groups is 1. The molecule has 1 fully saturated rings. The topological polar surface area (TPSA) is 101 Å². The zero-order valence-corrected chi connectivity index (χ0v) is 18.1. The summed E-state index contributed by atoms with van der Waals surface area (Å²) in [5, 5.41) is 6.79. The number of sulfonamides is 1. The van der Waals surface area contributed by atoms with Crippen LogP contribution in [-0.4, -0.2) is 19.5 Å². The molecule has 156 valence electrons. The number of para-hydroxylation sites is 1. The minimum Gasteiger partial charge on any atom is -0.354 e. The van der Waals surface area contributed by atoms with E-state index < -0.39 is 10.0 Å². The summed E-state index contributed by atoms with van der Waals surface area (Å²) in [6.07, 6.45) is 5.23. The van der Waals surface area contributed by atoms with E-state index in [0.717, 1.165) is 34.6 Å². The van der Waals surface area contributed by atoms with Gasteiger partial charge in [-0.1, -0.05) is 23.4 Å². The van der Waals surface area contributed by atoms with E-state index in [9.17, 15) is 13.2 Å². The van der Waals surface area contributed by atoms with E-state index in [0.29, 0.717) is 22.8 Å². The SMILES string of the molecule is Cc1ccccc1NS(=O)(=O)c1ccc(/C=C/c2onc(C)c2NC(=O)C2CC2)s1. The standard InChI is InChI=1S/C21H21N3O4S2/c1-13-5-3-4-6-17(13)24-30(26,27)19-12-10-16(29-19)9-11-18-20(14(2)23-28-18)22-21(25)15-7-8-15/h3-6,9-12,15,24H,7-8H2,1-2H3,(H,22,25)/b11-9+. The second-order valence-electron chi connectivity index (χ2n) is 7.18. The number of anilines is 2. The molecule has 30 heavy (non-hydrogen) atoms. The highest BCUT2D eigenvalue weighted by Gasteiger charge is 2.30. The molecular formula is C21H21N3O4S2. The van der Waals surface area contributed by atoms with E-state index in [2.05, 4.69) is 15.2 Å². The van der Waals surface area contributed by atoms with E-state index in [1.54, 1.807) is 43.3 Å². The normalized spacial score (nSPS) is 14.2. The fraction of sp³-hybridized carbons (Fsp3) is 0.238. The largest absolute Gasteiger partial charge is 0.354 e. The number of rotatable bonds is 7. The summed E-state index contributed by atoms with van der Waals surface area (Å²) in [5.74, 6) is 0.474. The van der Waals surface area contributed by atoms with Crippen molar-refractivity contribution >= 4 is 50.8 Å². The van der Waals surface area contributed by atoms with Crippen LogP contribution in [-0.2, 0) is 14.8 Å². The maximum absolute atomic E-state index is 12.7. The van der Waals surface area contributed by atoms with Gasteiger partial charge in [0.1, 0.15) is 15.6 Å². The van der Waals surface area contributed by atoms with Crippen molar-refractivity contribution in [2.24, 2.45) is 5.92 Å². The average molecular weight is 444 g/mol. The van der Waals surface area contributed by atoms with Gasteiger partial charge in [-0.3, -0.25) is 9.52 Å². The van der Waals surface area contributed by atoms with E-state index in [1.165, 1.54) is 0 Å². The number of aryl methyl sites for hydroxylation is 2. The molecule has 0 unspecified atom stereocenters. The van der Waals surface area contributed by atoms with Crippen LogP contribution in [0.15, 0.2) is 45.1 Å². The van der Waals surface area contributed by atoms with Gasteiger partial charge < -0.3 is 9.84 Å². The van der Waals surface area contributed by atoms with E-state index in [4.69, 9.17) is 4.52 Å². The second kappa shape index (κ2) is 8.08. The number of hydrogen-bond acceptors (Lipinski definition) is 6. The molecule has 0 aliphatic heterocycles. The summed E-state index contributed by atoms with van der Waals surface area (Å²) in [6.45, 7) is 3.61. The van der Waals surface area contributed by atoms with Crippen LogP contribution in [0.4, 0.5) is 11.4 Å². The van der Waals surface area contributed by atoms with Gasteiger partial charge in [-0.25, -0.2) is 8.42 Å². The third-order valence-electron chi connectivity index (χ3n) is 4.74. The molecule has 3 aromatic rings. The summed E-state index contributed by atoms with van der Waals surface area (Å²) in [4.78, 5) is 12.8. The monoisotopic (exact) mass is 443 g/mol. The molecule has 4 rings (SSSR count). The van der Waals surface area contributed by atoms with Crippen LogP contribution in [0.3, 0.4) is 0 Å². The first-order chi connectivity index (χ1) is 14.3. The number of nitrogens with zero attached hydrogens (tertiary/aromatic N) is 1. The van der Waals surface area contributed by atoms with Crippen molar-refractivity contribution in [1.29, 1.82) is 0 Å². The first-order valence-electron chi connectivity index (χ1n) is 9.47. The summed E-state index contributed by atoms with van der Waals surface area (Å²) < 4.78 is 33.5. The van der Waals surface area contributed by atoms with Crippen LogP contribution in [0.25, 0.3) is 12.2 Å². The lowest BCUT2D eigenvalue weighted by Gasteiger charge is -2.08. The van der Waals surface area contributed by atoms with Crippen LogP contribution in [0.1, 0.15) is 34.7 Å². The molecule has 0 bridgehead atoms. The van der Waals surface area contributed by atoms with Crippen molar-refractivity contribution in [1.82, 2.24) is 5.16 Å². The lowest BCUT2D eigenvalue weighted by atomic mass is 10.2. The molecule has 0 atom stereocenters. The highest BCUT2D eigenvalue weighted by atomic mass is 32.2. The molecule has 0 spiro atoms. The highest BCUT2D eigenvalue weighted by Crippen LogP contribution is 2.32. The molecule has 1 aromatic carbocycles. The minimum absolute atomic E-state index is 0.0252. The number of aromatic nitrogens is 1. The van der Waals surface area contributed by atoms with Crippen molar-refractivity contribution in [3.63, 3.8) is 0 Å². The second-order valence-corrected chi connectivity index (χ2v) is 10.2. The maximum atomic E-state index is 12.7. The Morgan fingerprint density at radius 1 is 1.17 bits per heavy atom. The zero-order chi connectivity index (χ0) is 21.3. The Kier molecular flexibility index (Phi) is 5.48. The molecule has 9 heteroatoms. The Bertz CT molecular complexity index is 1220. The summed E-state index contributed by atoms with van der Waals surface area (Å²) in [5.41, 5.74) is 2.55. The number of nitrogens with one attached hydrogen (secondary N) is 2. The lowest BCUT2D eigenvalue weighted by Crippen LogP contribution is -2.14. The van der Waals surface area contributed by atoms with E-state index >= 15 is 0 Å². The molecule has 0 radical (unpaired) electrons. The third kappa shape index (κ3) is 4.47. The molecule has 0 saturated heterocycles. The summed E-state index contributed by atoms with van der Waals surface area (Å²) in [6, 6.07) is 10.5. The average Bonchev–Trinajstić information content (AvgIpc) is 3.35. The first-order valence-corrected chi connectivity index (χ1v) is 11.8. The van der Waals surface area contributed by atoms with Gasteiger partial charge in [0.25, 0.3) is 10.0 Å². The Hall–Kier alpha value is -2.91. The number of thiophene rings is 1. The van der Waals surface area contributed by atoms with Crippen molar-refractivity contribution in [2.75, 3.05) is 10.0 Å². The molecule has 1 aliphatic carbocycles. The van der Waals surface area contributed by atoms with Gasteiger partial charge in [-0.05, 0) is 62.6 Å². The molecule has 1 amide bonds. The molecule has 1 saturated carbocycles.